The van der Waals surface area contributed by atoms with Gasteiger partial charge in [0.15, 0.2) is 0 Å². The molecule has 0 spiro atoms. The summed E-state index contributed by atoms with van der Waals surface area (Å²) in [6.07, 6.45) is 4.71. The lowest BCUT2D eigenvalue weighted by molar-refractivity contribution is -0.147. The maximum Gasteiger partial charge on any atom is 0.337 e. The zero-order valence-electron chi connectivity index (χ0n) is 6.24. The van der Waals surface area contributed by atoms with Crippen LogP contribution in [0.25, 0.3) is 0 Å². The molecule has 1 aromatic rings. The topological polar surface area (TPSA) is 44.1 Å². The van der Waals surface area contributed by atoms with Gasteiger partial charge in [-0.1, -0.05) is 16.4 Å². The molecule has 0 aromatic carbocycles. The van der Waals surface area contributed by atoms with Crippen molar-refractivity contribution in [3.63, 3.8) is 0 Å². The van der Waals surface area contributed by atoms with Gasteiger partial charge in [0.1, 0.15) is 0 Å². The van der Waals surface area contributed by atoms with Gasteiger partial charge < -0.3 is 4.84 Å². The van der Waals surface area contributed by atoms with Crippen molar-refractivity contribution in [1.29, 1.82) is 0 Å². The summed E-state index contributed by atoms with van der Waals surface area (Å²) in [7, 11) is 0. The first-order valence-electron chi connectivity index (χ1n) is 3.68. The highest BCUT2D eigenvalue weighted by Crippen LogP contribution is 2.29. The summed E-state index contributed by atoms with van der Waals surface area (Å²) in [5.74, 6) is -0.150. The molecule has 0 radical (unpaired) electrons. The van der Waals surface area contributed by atoms with E-state index in [-0.39, 0.29) is 11.9 Å². The highest BCUT2D eigenvalue weighted by Gasteiger charge is 2.32. The predicted octanol–water partition coefficient (Wildman–Crippen LogP) is 0.902. The Morgan fingerprint density at radius 3 is 3.00 bits per heavy atom. The summed E-state index contributed by atoms with van der Waals surface area (Å²) in [5.41, 5.74) is 0. The van der Waals surface area contributed by atoms with E-state index < -0.39 is 0 Å². The van der Waals surface area contributed by atoms with Crippen molar-refractivity contribution in [2.45, 2.75) is 12.8 Å². The summed E-state index contributed by atoms with van der Waals surface area (Å²) in [5, 5.41) is 4.16. The molecule has 0 amide bonds. The lowest BCUT2D eigenvalue weighted by Crippen LogP contribution is -2.21. The van der Waals surface area contributed by atoms with E-state index >= 15 is 0 Å². The van der Waals surface area contributed by atoms with Crippen molar-refractivity contribution >= 4 is 17.6 Å². The Morgan fingerprint density at radius 2 is 2.50 bits per heavy atom. The van der Waals surface area contributed by atoms with Crippen molar-refractivity contribution in [2.75, 3.05) is 0 Å². The maximum atomic E-state index is 11.1. The summed E-state index contributed by atoms with van der Waals surface area (Å²) in [6, 6.07) is 0. The van der Waals surface area contributed by atoms with E-state index in [2.05, 4.69) is 5.10 Å². The molecule has 1 aromatic heterocycles. The molecular formula is C7H7ClN2O2. The van der Waals surface area contributed by atoms with Crippen LogP contribution in [0, 0.1) is 5.92 Å². The third-order valence-corrected chi connectivity index (χ3v) is 1.82. The SMILES string of the molecule is O=C(On1cc(Cl)cn1)C1CC1. The molecule has 0 unspecified atom stereocenters. The van der Waals surface area contributed by atoms with Gasteiger partial charge in [0.25, 0.3) is 0 Å². The average molecular weight is 187 g/mol. The minimum atomic E-state index is -0.227. The fraction of sp³-hybridized carbons (Fsp3) is 0.429. The summed E-state index contributed by atoms with van der Waals surface area (Å²) in [6.45, 7) is 0. The Labute approximate surface area is 74.0 Å². The molecule has 12 heavy (non-hydrogen) atoms. The molecule has 1 fully saturated rings. The summed E-state index contributed by atoms with van der Waals surface area (Å²) in [4.78, 5) is 17.0. The molecule has 1 saturated carbocycles. The van der Waals surface area contributed by atoms with E-state index in [1.807, 2.05) is 0 Å². The third-order valence-electron chi connectivity index (χ3n) is 1.62. The van der Waals surface area contributed by atoms with Gasteiger partial charge in [-0.3, -0.25) is 0 Å². The lowest BCUT2D eigenvalue weighted by Gasteiger charge is -1.99. The first-order chi connectivity index (χ1) is 5.75. The second kappa shape index (κ2) is 2.79. The van der Waals surface area contributed by atoms with E-state index in [1.165, 1.54) is 12.4 Å². The van der Waals surface area contributed by atoms with Crippen LogP contribution in [0.2, 0.25) is 5.02 Å². The smallest absolute Gasteiger partial charge is 0.319 e. The second-order valence-corrected chi connectivity index (χ2v) is 3.18. The molecule has 4 nitrogen and oxygen atoms in total. The molecule has 0 N–H and O–H groups in total. The molecule has 0 atom stereocenters. The quantitative estimate of drug-likeness (QED) is 0.690. The van der Waals surface area contributed by atoms with Crippen LogP contribution < -0.4 is 4.84 Å². The van der Waals surface area contributed by atoms with Gasteiger partial charge in [-0.25, -0.2) is 4.79 Å². The maximum absolute atomic E-state index is 11.1. The van der Waals surface area contributed by atoms with Crippen LogP contribution in [0.4, 0.5) is 0 Å². The molecule has 64 valence electrons. The lowest BCUT2D eigenvalue weighted by atomic mass is 10.4. The van der Waals surface area contributed by atoms with Crippen LogP contribution in [-0.4, -0.2) is 15.9 Å². The average Bonchev–Trinajstić information content (AvgIpc) is 2.78. The van der Waals surface area contributed by atoms with Gasteiger partial charge in [-0.15, -0.1) is 5.10 Å². The number of rotatable bonds is 2. The minimum Gasteiger partial charge on any atom is -0.319 e. The van der Waals surface area contributed by atoms with E-state index in [0.29, 0.717) is 5.02 Å². The predicted molar refractivity (Wildman–Crippen MR) is 41.5 cm³/mol. The van der Waals surface area contributed by atoms with Crippen LogP contribution in [0.3, 0.4) is 0 Å². The zero-order chi connectivity index (χ0) is 8.55. The van der Waals surface area contributed by atoms with Gasteiger partial charge in [0.2, 0.25) is 0 Å². The molecular weight excluding hydrogens is 180 g/mol. The van der Waals surface area contributed by atoms with Crippen molar-refractivity contribution in [1.82, 2.24) is 9.94 Å². The highest BCUT2D eigenvalue weighted by atomic mass is 35.5. The Hall–Kier alpha value is -1.03. The van der Waals surface area contributed by atoms with E-state index in [4.69, 9.17) is 16.4 Å². The Kier molecular flexibility index (Phi) is 1.77. The van der Waals surface area contributed by atoms with E-state index in [1.54, 1.807) is 0 Å². The zero-order valence-corrected chi connectivity index (χ0v) is 6.99. The van der Waals surface area contributed by atoms with Crippen LogP contribution in [-0.2, 0) is 4.79 Å². The first kappa shape index (κ1) is 7.61. The largest absolute Gasteiger partial charge is 0.337 e. The van der Waals surface area contributed by atoms with Gasteiger partial charge in [0, 0.05) is 0 Å². The summed E-state index contributed by atoms with van der Waals surface area (Å²) < 4.78 is 0. The van der Waals surface area contributed by atoms with E-state index in [9.17, 15) is 4.79 Å². The Morgan fingerprint density at radius 1 is 1.75 bits per heavy atom. The molecule has 1 heterocycles. The Balaban J connectivity index is 1.98. The molecule has 1 aliphatic carbocycles. The number of hydrogen-bond donors (Lipinski definition) is 0. The Bertz CT molecular complexity index is 306. The van der Waals surface area contributed by atoms with Crippen LogP contribution in [0.5, 0.6) is 0 Å². The molecule has 0 bridgehead atoms. The number of carbonyl (C=O) groups excluding carboxylic acids is 1. The van der Waals surface area contributed by atoms with Crippen LogP contribution >= 0.6 is 11.6 Å². The molecule has 0 saturated heterocycles. The number of hydrogen-bond acceptors (Lipinski definition) is 3. The fourth-order valence-corrected chi connectivity index (χ4v) is 0.947. The van der Waals surface area contributed by atoms with Gasteiger partial charge in [-0.2, -0.15) is 0 Å². The molecule has 0 aliphatic heterocycles. The van der Waals surface area contributed by atoms with E-state index in [0.717, 1.165) is 17.7 Å². The highest BCUT2D eigenvalue weighted by molar-refractivity contribution is 6.30. The number of carbonyl (C=O) groups is 1. The van der Waals surface area contributed by atoms with Crippen molar-refractivity contribution < 1.29 is 9.63 Å². The van der Waals surface area contributed by atoms with Crippen molar-refractivity contribution in [3.05, 3.63) is 17.4 Å². The number of aromatic nitrogens is 2. The van der Waals surface area contributed by atoms with Gasteiger partial charge in [-0.05, 0) is 12.8 Å². The monoisotopic (exact) mass is 186 g/mol. The molecule has 2 rings (SSSR count). The van der Waals surface area contributed by atoms with Gasteiger partial charge in [0.05, 0.1) is 23.3 Å². The fourth-order valence-electron chi connectivity index (χ4n) is 0.820. The second-order valence-electron chi connectivity index (χ2n) is 2.75. The normalized spacial score (nSPS) is 16.1. The molecule has 1 aliphatic rings. The van der Waals surface area contributed by atoms with Crippen molar-refractivity contribution in [2.24, 2.45) is 5.92 Å². The van der Waals surface area contributed by atoms with Gasteiger partial charge >= 0.3 is 5.97 Å². The minimum absolute atomic E-state index is 0.0768. The van der Waals surface area contributed by atoms with Crippen molar-refractivity contribution in [3.8, 4) is 0 Å². The van der Waals surface area contributed by atoms with Crippen LogP contribution in [0.1, 0.15) is 12.8 Å². The standard InChI is InChI=1S/C7H7ClN2O2/c8-6-3-9-10(4-6)12-7(11)5-1-2-5/h3-5H,1-2H2. The number of nitrogens with zero attached hydrogens (tertiary/aromatic N) is 2. The number of halogens is 1. The summed E-state index contributed by atoms with van der Waals surface area (Å²) >= 11 is 5.56. The van der Waals surface area contributed by atoms with Crippen LogP contribution in [0.15, 0.2) is 12.4 Å². The first-order valence-corrected chi connectivity index (χ1v) is 4.06. The third kappa shape index (κ3) is 1.58. The molecule has 5 heteroatoms.